The molecule has 1 amide bonds. The average molecular weight is 508 g/mol. The summed E-state index contributed by atoms with van der Waals surface area (Å²) in [5, 5.41) is 33.8. The van der Waals surface area contributed by atoms with E-state index in [0.29, 0.717) is 24.4 Å². The molecule has 0 spiro atoms. The zero-order valence-corrected chi connectivity index (χ0v) is 21.6. The zero-order valence-electron chi connectivity index (χ0n) is 21.6. The van der Waals surface area contributed by atoms with Crippen molar-refractivity contribution in [3.8, 4) is 11.5 Å². The summed E-state index contributed by atoms with van der Waals surface area (Å²) in [5.41, 5.74) is 0.656. The van der Waals surface area contributed by atoms with Gasteiger partial charge in [-0.3, -0.25) is 9.59 Å². The van der Waals surface area contributed by atoms with Gasteiger partial charge in [0.25, 0.3) is 6.47 Å². The van der Waals surface area contributed by atoms with Crippen LogP contribution in [0, 0.1) is 10.8 Å². The van der Waals surface area contributed by atoms with Crippen molar-refractivity contribution in [2.24, 2.45) is 10.8 Å². The highest BCUT2D eigenvalue weighted by Crippen LogP contribution is 2.39. The number of rotatable bonds is 8. The normalized spacial score (nSPS) is 28.9. The van der Waals surface area contributed by atoms with Crippen molar-refractivity contribution >= 4 is 18.5 Å². The predicted octanol–water partition coefficient (Wildman–Crippen LogP) is 1.40. The summed E-state index contributed by atoms with van der Waals surface area (Å²) in [6, 6.07) is 3.80. The SMILES string of the molecule is C/C(=C\c1ccc(OCC(C)(C)C(C)(C)C)c(OC=O)c1)C(=O)N[C@@H]1[C@H](O)[C@@H](O)[C@H]2OCO[C@H]2[C@@H]1O. The molecule has 1 saturated carbocycles. The Labute approximate surface area is 211 Å². The van der Waals surface area contributed by atoms with E-state index in [2.05, 4.69) is 39.9 Å². The van der Waals surface area contributed by atoms with Crippen LogP contribution in [0.4, 0.5) is 0 Å². The summed E-state index contributed by atoms with van der Waals surface area (Å²) >= 11 is 0. The molecule has 1 aliphatic carbocycles. The van der Waals surface area contributed by atoms with E-state index in [9.17, 15) is 24.9 Å². The molecule has 6 atom stereocenters. The van der Waals surface area contributed by atoms with Crippen LogP contribution in [0.1, 0.15) is 47.1 Å². The molecule has 1 aliphatic heterocycles. The monoisotopic (exact) mass is 507 g/mol. The van der Waals surface area contributed by atoms with Gasteiger partial charge in [0.2, 0.25) is 5.91 Å². The molecular weight excluding hydrogens is 470 g/mol. The number of carbonyl (C=O) groups excluding carboxylic acids is 2. The van der Waals surface area contributed by atoms with Gasteiger partial charge in [-0.15, -0.1) is 0 Å². The van der Waals surface area contributed by atoms with E-state index in [-0.39, 0.29) is 28.9 Å². The average Bonchev–Trinajstić information content (AvgIpc) is 3.29. The molecule has 2 aliphatic rings. The molecule has 1 heterocycles. The van der Waals surface area contributed by atoms with E-state index in [1.165, 1.54) is 0 Å². The van der Waals surface area contributed by atoms with Crippen molar-refractivity contribution in [3.05, 3.63) is 29.3 Å². The molecule has 10 nitrogen and oxygen atoms in total. The minimum Gasteiger partial charge on any atom is -0.489 e. The third-order valence-electron chi connectivity index (χ3n) is 7.40. The van der Waals surface area contributed by atoms with E-state index >= 15 is 0 Å². The van der Waals surface area contributed by atoms with Crippen molar-refractivity contribution in [1.82, 2.24) is 5.32 Å². The molecule has 10 heteroatoms. The van der Waals surface area contributed by atoms with E-state index in [1.54, 1.807) is 31.2 Å². The van der Waals surface area contributed by atoms with Crippen LogP contribution < -0.4 is 14.8 Å². The van der Waals surface area contributed by atoms with Gasteiger partial charge in [-0.2, -0.15) is 0 Å². The Balaban J connectivity index is 1.73. The number of amides is 1. The lowest BCUT2D eigenvalue weighted by Gasteiger charge is -2.41. The fourth-order valence-corrected chi connectivity index (χ4v) is 3.89. The van der Waals surface area contributed by atoms with E-state index in [4.69, 9.17) is 18.9 Å². The first-order chi connectivity index (χ1) is 16.8. The summed E-state index contributed by atoms with van der Waals surface area (Å²) in [6.45, 7) is 12.7. The minimum absolute atomic E-state index is 0.0147. The van der Waals surface area contributed by atoms with Crippen LogP contribution in [0.5, 0.6) is 11.5 Å². The van der Waals surface area contributed by atoms with Gasteiger partial charge in [0.15, 0.2) is 11.5 Å². The lowest BCUT2D eigenvalue weighted by molar-refractivity contribution is -0.155. The zero-order chi connectivity index (χ0) is 26.8. The molecule has 1 aromatic carbocycles. The van der Waals surface area contributed by atoms with Crippen LogP contribution in [0.2, 0.25) is 0 Å². The van der Waals surface area contributed by atoms with Crippen LogP contribution in [0.15, 0.2) is 23.8 Å². The highest BCUT2D eigenvalue weighted by atomic mass is 16.7. The van der Waals surface area contributed by atoms with Crippen LogP contribution in [-0.2, 0) is 19.1 Å². The summed E-state index contributed by atoms with van der Waals surface area (Å²) in [6.07, 6.45) is -4.21. The fraction of sp³-hybridized carbons (Fsp3) is 0.615. The van der Waals surface area contributed by atoms with E-state index in [1.807, 2.05) is 0 Å². The standard InChI is InChI=1S/C26H37NO9/c1-14(24(32)27-18-19(29)21(31)23-22(20(18)30)35-13-36-23)9-15-7-8-16(17(10-15)34-12-28)33-11-26(5,6)25(2,3)4/h7-10,12,18-23,29-31H,11,13H2,1-6H3,(H,27,32)/b14-9+/t18-,19+,20-,21-,22+,23-/m1/s1. The Morgan fingerprint density at radius 1 is 1.06 bits per heavy atom. The second-order valence-electron chi connectivity index (χ2n) is 11.0. The number of carbonyl (C=O) groups is 2. The Morgan fingerprint density at radius 2 is 1.69 bits per heavy atom. The summed E-state index contributed by atoms with van der Waals surface area (Å²) in [5.74, 6) is 0.0459. The van der Waals surface area contributed by atoms with Gasteiger partial charge in [-0.1, -0.05) is 40.7 Å². The van der Waals surface area contributed by atoms with Gasteiger partial charge in [-0.05, 0) is 36.1 Å². The van der Waals surface area contributed by atoms with Gasteiger partial charge in [0.05, 0.1) is 12.6 Å². The number of hydrogen-bond acceptors (Lipinski definition) is 9. The number of hydrogen-bond donors (Lipinski definition) is 4. The second-order valence-corrected chi connectivity index (χ2v) is 11.0. The predicted molar refractivity (Wildman–Crippen MR) is 130 cm³/mol. The first kappa shape index (κ1) is 28.1. The third-order valence-corrected chi connectivity index (χ3v) is 7.40. The van der Waals surface area contributed by atoms with Crippen LogP contribution >= 0.6 is 0 Å². The number of aliphatic hydroxyl groups is 3. The fourth-order valence-electron chi connectivity index (χ4n) is 3.89. The van der Waals surface area contributed by atoms with Crippen molar-refractivity contribution in [2.75, 3.05) is 13.4 Å². The first-order valence-electron chi connectivity index (χ1n) is 11.9. The number of benzene rings is 1. The number of nitrogens with one attached hydrogen (secondary N) is 1. The largest absolute Gasteiger partial charge is 0.489 e. The number of fused-ring (bicyclic) bond motifs is 1. The van der Waals surface area contributed by atoms with E-state index < -0.39 is 42.5 Å². The summed E-state index contributed by atoms with van der Waals surface area (Å²) < 4.78 is 21.6. The Morgan fingerprint density at radius 3 is 2.31 bits per heavy atom. The van der Waals surface area contributed by atoms with Gasteiger partial charge in [-0.25, -0.2) is 0 Å². The van der Waals surface area contributed by atoms with Crippen molar-refractivity contribution in [1.29, 1.82) is 0 Å². The van der Waals surface area contributed by atoms with Crippen LogP contribution in [0.3, 0.4) is 0 Å². The Hall–Kier alpha value is -2.50. The molecular formula is C26H37NO9. The summed E-state index contributed by atoms with van der Waals surface area (Å²) in [4.78, 5) is 23.9. The molecule has 0 radical (unpaired) electrons. The summed E-state index contributed by atoms with van der Waals surface area (Å²) in [7, 11) is 0. The van der Waals surface area contributed by atoms with Crippen molar-refractivity contribution < 1.29 is 43.9 Å². The quantitative estimate of drug-likeness (QED) is 0.303. The van der Waals surface area contributed by atoms with Crippen LogP contribution in [0.25, 0.3) is 6.08 Å². The number of ether oxygens (including phenoxy) is 4. The molecule has 36 heavy (non-hydrogen) atoms. The highest BCUT2D eigenvalue weighted by Gasteiger charge is 2.53. The van der Waals surface area contributed by atoms with Crippen molar-refractivity contribution in [2.45, 2.75) is 78.1 Å². The van der Waals surface area contributed by atoms with Crippen LogP contribution in [-0.4, -0.2) is 77.7 Å². The maximum Gasteiger partial charge on any atom is 0.298 e. The minimum atomic E-state index is -1.44. The maximum absolute atomic E-state index is 12.8. The molecule has 0 aromatic heterocycles. The van der Waals surface area contributed by atoms with Gasteiger partial charge >= 0.3 is 0 Å². The Bertz CT molecular complexity index is 984. The molecule has 4 N–H and O–H groups in total. The Kier molecular flexibility index (Phi) is 8.47. The first-order valence-corrected chi connectivity index (χ1v) is 11.9. The smallest absolute Gasteiger partial charge is 0.298 e. The molecule has 200 valence electrons. The lowest BCUT2D eigenvalue weighted by atomic mass is 9.70. The molecule has 0 bridgehead atoms. The van der Waals surface area contributed by atoms with E-state index in [0.717, 1.165) is 0 Å². The molecule has 2 fully saturated rings. The van der Waals surface area contributed by atoms with Crippen molar-refractivity contribution in [3.63, 3.8) is 0 Å². The van der Waals surface area contributed by atoms with Gasteiger partial charge in [0.1, 0.15) is 37.3 Å². The molecule has 1 saturated heterocycles. The second kappa shape index (κ2) is 10.9. The van der Waals surface area contributed by atoms with Gasteiger partial charge in [0, 0.05) is 11.0 Å². The highest BCUT2D eigenvalue weighted by molar-refractivity contribution is 5.97. The molecule has 1 aromatic rings. The van der Waals surface area contributed by atoms with Gasteiger partial charge < -0.3 is 39.6 Å². The maximum atomic E-state index is 12.8. The molecule has 0 unspecified atom stereocenters. The number of aliphatic hydroxyl groups excluding tert-OH is 3. The third kappa shape index (κ3) is 5.90. The lowest BCUT2D eigenvalue weighted by Crippen LogP contribution is -2.67. The molecule has 3 rings (SSSR count). The topological polar surface area (TPSA) is 144 Å².